The van der Waals surface area contributed by atoms with E-state index in [4.69, 9.17) is 9.47 Å². The van der Waals surface area contributed by atoms with E-state index in [1.807, 2.05) is 41.1 Å². The molecular weight excluding hydrogens is 370 g/mol. The summed E-state index contributed by atoms with van der Waals surface area (Å²) < 4.78 is 13.5. The van der Waals surface area contributed by atoms with Gasteiger partial charge in [0.1, 0.15) is 12.5 Å². The number of pyridine rings is 1. The number of aromatic amines is 1. The number of hydrogen-bond donors (Lipinski definition) is 1. The van der Waals surface area contributed by atoms with Crippen LogP contribution < -0.4 is 4.74 Å². The van der Waals surface area contributed by atoms with Crippen molar-refractivity contribution in [3.05, 3.63) is 55.0 Å². The Morgan fingerprint density at radius 1 is 1.11 bits per heavy atom. The molecule has 0 bridgehead atoms. The van der Waals surface area contributed by atoms with E-state index >= 15 is 0 Å². The number of hydrogen-bond acceptors (Lipinski definition) is 5. The Morgan fingerprint density at radius 3 is 2.86 bits per heavy atom. The molecule has 4 aromatic rings. The molecule has 1 aromatic carbocycles. The van der Waals surface area contributed by atoms with Crippen molar-refractivity contribution in [3.8, 4) is 22.9 Å². The molecule has 3 aromatic heterocycles. The van der Waals surface area contributed by atoms with Crippen molar-refractivity contribution in [3.63, 3.8) is 0 Å². The monoisotopic (exact) mass is 392 g/mol. The third-order valence-electron chi connectivity index (χ3n) is 4.34. The minimum absolute atomic E-state index is 0.260. The summed E-state index contributed by atoms with van der Waals surface area (Å²) >= 11 is 0. The lowest BCUT2D eigenvalue weighted by atomic mass is 10.2. The molecule has 3 heterocycles. The largest absolute Gasteiger partial charge is 0.439 e. The molecule has 8 heteroatoms. The quantitative estimate of drug-likeness (QED) is 0.356. The van der Waals surface area contributed by atoms with Gasteiger partial charge in [-0.25, -0.2) is 9.67 Å². The molecule has 0 aliphatic heterocycles. The van der Waals surface area contributed by atoms with Gasteiger partial charge in [-0.1, -0.05) is 13.1 Å². The Bertz CT molecular complexity index is 1040. The van der Waals surface area contributed by atoms with Crippen LogP contribution in [0.15, 0.2) is 55.0 Å². The first kappa shape index (κ1) is 18.4. The van der Waals surface area contributed by atoms with Gasteiger partial charge in [-0.3, -0.25) is 5.10 Å². The predicted molar refractivity (Wildman–Crippen MR) is 110 cm³/mol. The molecule has 1 radical (unpaired) electrons. The van der Waals surface area contributed by atoms with Gasteiger partial charge < -0.3 is 9.47 Å². The molecule has 0 aliphatic carbocycles. The van der Waals surface area contributed by atoms with Crippen molar-refractivity contribution in [1.82, 2.24) is 25.0 Å². The van der Waals surface area contributed by atoms with Crippen LogP contribution in [0.1, 0.15) is 0 Å². The standard InChI is InChI=1S/C20H22N5O2Si/c1-28(2)10-9-26-14-25-19(7-8-23-25)15-3-6-20(21-12-15)27-17-4-5-18-16(11-17)13-22-24-18/h3-8,11-13H,9-10,14H2,1-2H3,(H,22,24). The van der Waals surface area contributed by atoms with Crippen LogP contribution in [-0.2, 0) is 11.5 Å². The maximum Gasteiger partial charge on any atom is 0.219 e. The zero-order valence-corrected chi connectivity index (χ0v) is 16.9. The number of nitrogens with one attached hydrogen (secondary N) is 1. The summed E-state index contributed by atoms with van der Waals surface area (Å²) in [6, 6.07) is 12.7. The fourth-order valence-electron chi connectivity index (χ4n) is 2.81. The van der Waals surface area contributed by atoms with Gasteiger partial charge in [0.25, 0.3) is 0 Å². The Morgan fingerprint density at radius 2 is 2.04 bits per heavy atom. The highest BCUT2D eigenvalue weighted by molar-refractivity contribution is 6.55. The molecule has 0 unspecified atom stereocenters. The van der Waals surface area contributed by atoms with E-state index in [1.54, 1.807) is 18.6 Å². The minimum atomic E-state index is -0.260. The van der Waals surface area contributed by atoms with Crippen molar-refractivity contribution in [2.45, 2.75) is 25.9 Å². The van der Waals surface area contributed by atoms with Crippen molar-refractivity contribution in [2.24, 2.45) is 0 Å². The molecule has 0 fully saturated rings. The van der Waals surface area contributed by atoms with Crippen molar-refractivity contribution in [1.29, 1.82) is 0 Å². The van der Waals surface area contributed by atoms with E-state index in [9.17, 15) is 0 Å². The first-order valence-electron chi connectivity index (χ1n) is 9.15. The number of benzene rings is 1. The molecule has 0 spiro atoms. The molecule has 0 atom stereocenters. The molecule has 0 amide bonds. The Balaban J connectivity index is 1.42. The summed E-state index contributed by atoms with van der Waals surface area (Å²) in [6.07, 6.45) is 5.33. The number of nitrogens with zero attached hydrogens (tertiary/aromatic N) is 4. The first-order chi connectivity index (χ1) is 13.7. The summed E-state index contributed by atoms with van der Waals surface area (Å²) in [5.41, 5.74) is 2.91. The third-order valence-corrected chi connectivity index (χ3v) is 5.55. The molecule has 4 rings (SSSR count). The summed E-state index contributed by atoms with van der Waals surface area (Å²) in [5, 5.41) is 12.3. The Hall–Kier alpha value is -2.97. The van der Waals surface area contributed by atoms with E-state index in [0.29, 0.717) is 12.6 Å². The van der Waals surface area contributed by atoms with Crippen LogP contribution in [-0.4, -0.2) is 40.4 Å². The van der Waals surface area contributed by atoms with Gasteiger partial charge in [-0.2, -0.15) is 10.2 Å². The van der Waals surface area contributed by atoms with E-state index < -0.39 is 0 Å². The van der Waals surface area contributed by atoms with Gasteiger partial charge in [-0.05, 0) is 36.4 Å². The first-order valence-corrected chi connectivity index (χ1v) is 11.9. The lowest BCUT2D eigenvalue weighted by Gasteiger charge is -2.10. The van der Waals surface area contributed by atoms with Gasteiger partial charge in [0.05, 0.1) is 17.4 Å². The van der Waals surface area contributed by atoms with E-state index in [-0.39, 0.29) is 8.80 Å². The van der Waals surface area contributed by atoms with Crippen LogP contribution >= 0.6 is 0 Å². The van der Waals surface area contributed by atoms with Gasteiger partial charge in [0.2, 0.25) is 5.88 Å². The molecule has 1 N–H and O–H groups in total. The lowest BCUT2D eigenvalue weighted by molar-refractivity contribution is 0.0801. The highest BCUT2D eigenvalue weighted by Gasteiger charge is 2.08. The zero-order valence-electron chi connectivity index (χ0n) is 15.9. The van der Waals surface area contributed by atoms with Crippen LogP contribution in [0.4, 0.5) is 0 Å². The SMILES string of the molecule is C[Si](C)CCOCn1nccc1-c1ccc(Oc2ccc3[nH]ncc3c2)nc1. The van der Waals surface area contributed by atoms with Gasteiger partial charge in [-0.15, -0.1) is 0 Å². The van der Waals surface area contributed by atoms with Crippen LogP contribution in [0, 0.1) is 0 Å². The van der Waals surface area contributed by atoms with Gasteiger partial charge in [0, 0.05) is 44.8 Å². The molecular formula is C20H22N5O2Si. The topological polar surface area (TPSA) is 77.9 Å². The van der Waals surface area contributed by atoms with Crippen LogP contribution in [0.25, 0.3) is 22.2 Å². The zero-order chi connectivity index (χ0) is 19.3. The van der Waals surface area contributed by atoms with Crippen LogP contribution in [0.5, 0.6) is 11.6 Å². The molecule has 0 aliphatic rings. The highest BCUT2D eigenvalue weighted by Crippen LogP contribution is 2.25. The number of H-pyrrole nitrogens is 1. The number of ether oxygens (including phenoxy) is 2. The summed E-state index contributed by atoms with van der Waals surface area (Å²) in [6.45, 7) is 5.79. The highest BCUT2D eigenvalue weighted by atomic mass is 28.3. The fraction of sp³-hybridized carbons (Fsp3) is 0.250. The summed E-state index contributed by atoms with van der Waals surface area (Å²) in [4.78, 5) is 4.43. The Labute approximate surface area is 164 Å². The predicted octanol–water partition coefficient (Wildman–Crippen LogP) is 4.34. The maximum atomic E-state index is 5.86. The van der Waals surface area contributed by atoms with Gasteiger partial charge >= 0.3 is 0 Å². The Kier molecular flexibility index (Phi) is 5.49. The maximum absolute atomic E-state index is 5.86. The van der Waals surface area contributed by atoms with Crippen molar-refractivity contribution < 1.29 is 9.47 Å². The second-order valence-electron chi connectivity index (χ2n) is 6.82. The van der Waals surface area contributed by atoms with Crippen molar-refractivity contribution in [2.75, 3.05) is 6.61 Å². The second-order valence-corrected chi connectivity index (χ2v) is 9.73. The number of rotatable bonds is 8. The average molecular weight is 393 g/mol. The normalized spacial score (nSPS) is 11.4. The molecule has 28 heavy (non-hydrogen) atoms. The third kappa shape index (κ3) is 4.29. The molecule has 0 saturated heterocycles. The number of aromatic nitrogens is 5. The second kappa shape index (κ2) is 8.36. The van der Waals surface area contributed by atoms with Crippen LogP contribution in [0.2, 0.25) is 19.1 Å². The number of fused-ring (bicyclic) bond motifs is 1. The molecule has 0 saturated carbocycles. The fourth-order valence-corrected chi connectivity index (χ4v) is 3.36. The minimum Gasteiger partial charge on any atom is -0.439 e. The smallest absolute Gasteiger partial charge is 0.219 e. The lowest BCUT2D eigenvalue weighted by Crippen LogP contribution is -2.10. The van der Waals surface area contributed by atoms with E-state index in [2.05, 4.69) is 33.4 Å². The van der Waals surface area contributed by atoms with Crippen molar-refractivity contribution >= 4 is 19.7 Å². The van der Waals surface area contributed by atoms with E-state index in [1.165, 1.54) is 0 Å². The summed E-state index contributed by atoms with van der Waals surface area (Å²) in [5.74, 6) is 1.26. The molecule has 7 nitrogen and oxygen atoms in total. The average Bonchev–Trinajstić information content (AvgIpc) is 3.34. The van der Waals surface area contributed by atoms with Gasteiger partial charge in [0.15, 0.2) is 0 Å². The summed E-state index contributed by atoms with van der Waals surface area (Å²) in [7, 11) is -0.260. The van der Waals surface area contributed by atoms with Crippen LogP contribution in [0.3, 0.4) is 0 Å². The molecule has 143 valence electrons. The van der Waals surface area contributed by atoms with E-state index in [0.717, 1.165) is 40.6 Å².